The molecule has 0 bridgehead atoms. The Morgan fingerprint density at radius 3 is 2.47 bits per heavy atom. The van der Waals surface area contributed by atoms with Gasteiger partial charge in [0, 0.05) is 11.6 Å². The molecule has 0 fully saturated rings. The molecule has 0 saturated heterocycles. The van der Waals surface area contributed by atoms with Gasteiger partial charge in [-0.3, -0.25) is 4.79 Å². The monoisotopic (exact) mass is 265 g/mol. The fourth-order valence-electron chi connectivity index (χ4n) is 2.23. The number of ether oxygens (including phenoxy) is 1. The van der Waals surface area contributed by atoms with Crippen LogP contribution in [0.1, 0.15) is 44.0 Å². The maximum Gasteiger partial charge on any atom is 0.251 e. The van der Waals surface area contributed by atoms with Gasteiger partial charge in [-0.25, -0.2) is 0 Å². The Balaban J connectivity index is 2.75. The van der Waals surface area contributed by atoms with Crippen molar-refractivity contribution in [2.45, 2.75) is 39.7 Å². The summed E-state index contributed by atoms with van der Waals surface area (Å²) in [5.41, 5.74) is 0.441. The number of hydrogen-bond donors (Lipinski definition) is 2. The molecular weight excluding hydrogens is 242 g/mol. The van der Waals surface area contributed by atoms with Crippen LogP contribution in [0.25, 0.3) is 0 Å². The van der Waals surface area contributed by atoms with E-state index in [-0.39, 0.29) is 17.7 Å². The van der Waals surface area contributed by atoms with Crippen molar-refractivity contribution in [2.24, 2.45) is 5.92 Å². The van der Waals surface area contributed by atoms with Crippen LogP contribution in [0.2, 0.25) is 0 Å². The van der Waals surface area contributed by atoms with Crippen LogP contribution < -0.4 is 10.1 Å². The van der Waals surface area contributed by atoms with Crippen molar-refractivity contribution in [3.05, 3.63) is 23.8 Å². The molecule has 4 heteroatoms. The average molecular weight is 265 g/mol. The molecule has 0 spiro atoms. The fraction of sp³-hybridized carbons (Fsp3) is 0.533. The van der Waals surface area contributed by atoms with Gasteiger partial charge in [0.2, 0.25) is 0 Å². The normalized spacial score (nSPS) is 12.3. The topological polar surface area (TPSA) is 58.6 Å². The minimum Gasteiger partial charge on any atom is -0.504 e. The van der Waals surface area contributed by atoms with Gasteiger partial charge in [-0.2, -0.15) is 0 Å². The van der Waals surface area contributed by atoms with E-state index in [0.29, 0.717) is 17.2 Å². The first kappa shape index (κ1) is 15.3. The number of phenolic OH excluding ortho intramolecular Hbond substituents is 1. The maximum atomic E-state index is 12.1. The largest absolute Gasteiger partial charge is 0.504 e. The number of nitrogens with one attached hydrogen (secondary N) is 1. The number of amides is 1. The highest BCUT2D eigenvalue weighted by Crippen LogP contribution is 2.26. The zero-order chi connectivity index (χ0) is 14.4. The Morgan fingerprint density at radius 2 is 2.00 bits per heavy atom. The van der Waals surface area contributed by atoms with E-state index in [1.165, 1.54) is 13.2 Å². The molecule has 1 amide bonds. The summed E-state index contributed by atoms with van der Waals surface area (Å²) in [6.07, 6.45) is 2.07. The molecule has 0 saturated carbocycles. The van der Waals surface area contributed by atoms with Gasteiger partial charge in [-0.15, -0.1) is 0 Å². The van der Waals surface area contributed by atoms with Crippen LogP contribution in [-0.4, -0.2) is 24.2 Å². The third-order valence-electron chi connectivity index (χ3n) is 3.56. The number of carbonyl (C=O) groups excluding carboxylic acids is 1. The number of benzene rings is 1. The van der Waals surface area contributed by atoms with Gasteiger partial charge in [0.15, 0.2) is 11.5 Å². The summed E-state index contributed by atoms with van der Waals surface area (Å²) in [6, 6.07) is 4.78. The first-order chi connectivity index (χ1) is 9.03. The van der Waals surface area contributed by atoms with Crippen LogP contribution >= 0.6 is 0 Å². The summed E-state index contributed by atoms with van der Waals surface area (Å²) in [5.74, 6) is 0.642. The van der Waals surface area contributed by atoms with E-state index in [1.54, 1.807) is 12.1 Å². The lowest BCUT2D eigenvalue weighted by molar-refractivity contribution is 0.0924. The van der Waals surface area contributed by atoms with Gasteiger partial charge in [0.1, 0.15) is 0 Å². The Labute approximate surface area is 114 Å². The Morgan fingerprint density at radius 1 is 1.37 bits per heavy atom. The van der Waals surface area contributed by atoms with Crippen LogP contribution in [-0.2, 0) is 0 Å². The highest BCUT2D eigenvalue weighted by Gasteiger charge is 2.17. The fourth-order valence-corrected chi connectivity index (χ4v) is 2.23. The Hall–Kier alpha value is -1.71. The van der Waals surface area contributed by atoms with Gasteiger partial charge in [-0.05, 0) is 31.0 Å². The molecule has 0 aliphatic heterocycles. The van der Waals surface area contributed by atoms with Crippen LogP contribution in [0.5, 0.6) is 11.5 Å². The third kappa shape index (κ3) is 3.88. The third-order valence-corrected chi connectivity index (χ3v) is 3.56. The van der Waals surface area contributed by atoms with E-state index >= 15 is 0 Å². The second kappa shape index (κ2) is 7.02. The Bertz CT molecular complexity index is 427. The molecule has 1 unspecified atom stereocenters. The maximum absolute atomic E-state index is 12.1. The second-order valence-corrected chi connectivity index (χ2v) is 4.73. The molecule has 1 rings (SSSR count). The summed E-state index contributed by atoms with van der Waals surface area (Å²) in [5, 5.41) is 12.6. The molecule has 0 aliphatic carbocycles. The predicted octanol–water partition coefficient (Wildman–Crippen LogP) is 2.96. The van der Waals surface area contributed by atoms with Gasteiger partial charge < -0.3 is 15.2 Å². The minimum absolute atomic E-state index is 0.0228. The predicted molar refractivity (Wildman–Crippen MR) is 75.7 cm³/mol. The first-order valence-corrected chi connectivity index (χ1v) is 6.71. The molecule has 1 aromatic rings. The average Bonchev–Trinajstić information content (AvgIpc) is 2.39. The van der Waals surface area contributed by atoms with Gasteiger partial charge in [-0.1, -0.05) is 26.7 Å². The van der Waals surface area contributed by atoms with Gasteiger partial charge in [0.25, 0.3) is 5.91 Å². The molecule has 1 atom stereocenters. The lowest BCUT2D eigenvalue weighted by Gasteiger charge is -2.22. The van der Waals surface area contributed by atoms with Gasteiger partial charge >= 0.3 is 0 Å². The van der Waals surface area contributed by atoms with Crippen molar-refractivity contribution in [3.63, 3.8) is 0 Å². The molecule has 0 aromatic heterocycles. The van der Waals surface area contributed by atoms with E-state index < -0.39 is 0 Å². The van der Waals surface area contributed by atoms with Crippen molar-refractivity contribution in [1.29, 1.82) is 0 Å². The molecule has 2 N–H and O–H groups in total. The zero-order valence-corrected chi connectivity index (χ0v) is 12.1. The quantitative estimate of drug-likeness (QED) is 0.831. The zero-order valence-electron chi connectivity index (χ0n) is 12.1. The lowest BCUT2D eigenvalue weighted by atomic mass is 9.95. The minimum atomic E-state index is -0.169. The van der Waals surface area contributed by atoms with Crippen LogP contribution in [0, 0.1) is 5.92 Å². The standard InChI is InChI=1S/C15H23NO3/c1-5-11(6-2)10(3)16-15(18)12-7-8-14(19-4)13(17)9-12/h7-11,17H,5-6H2,1-4H3,(H,16,18). The van der Waals surface area contributed by atoms with Crippen LogP contribution in [0.3, 0.4) is 0 Å². The smallest absolute Gasteiger partial charge is 0.251 e. The Kier molecular flexibility index (Phi) is 5.67. The van der Waals surface area contributed by atoms with E-state index in [9.17, 15) is 9.90 Å². The number of aromatic hydroxyl groups is 1. The van der Waals surface area contributed by atoms with Crippen molar-refractivity contribution < 1.29 is 14.6 Å². The highest BCUT2D eigenvalue weighted by molar-refractivity contribution is 5.95. The van der Waals surface area contributed by atoms with Crippen molar-refractivity contribution in [3.8, 4) is 11.5 Å². The number of carbonyl (C=O) groups is 1. The molecule has 0 aliphatic rings. The molecular formula is C15H23NO3. The van der Waals surface area contributed by atoms with Crippen LogP contribution in [0.4, 0.5) is 0 Å². The van der Waals surface area contributed by atoms with Crippen molar-refractivity contribution in [1.82, 2.24) is 5.32 Å². The van der Waals surface area contributed by atoms with E-state index in [1.807, 2.05) is 6.92 Å². The second-order valence-electron chi connectivity index (χ2n) is 4.73. The highest BCUT2D eigenvalue weighted by atomic mass is 16.5. The van der Waals surface area contributed by atoms with E-state index in [0.717, 1.165) is 12.8 Å². The number of methoxy groups -OCH3 is 1. The molecule has 106 valence electrons. The van der Waals surface area contributed by atoms with E-state index in [2.05, 4.69) is 19.2 Å². The number of phenols is 1. The first-order valence-electron chi connectivity index (χ1n) is 6.71. The summed E-state index contributed by atoms with van der Waals surface area (Å²) in [6.45, 7) is 6.25. The van der Waals surface area contributed by atoms with Crippen LogP contribution in [0.15, 0.2) is 18.2 Å². The molecule has 0 radical (unpaired) electrons. The lowest BCUT2D eigenvalue weighted by Crippen LogP contribution is -2.37. The summed E-state index contributed by atoms with van der Waals surface area (Å²) in [4.78, 5) is 12.1. The number of rotatable bonds is 6. The van der Waals surface area contributed by atoms with E-state index in [4.69, 9.17) is 4.74 Å². The SMILES string of the molecule is CCC(CC)C(C)NC(=O)c1ccc(OC)c(O)c1. The molecule has 0 heterocycles. The molecule has 19 heavy (non-hydrogen) atoms. The molecule has 1 aromatic carbocycles. The van der Waals surface area contributed by atoms with Gasteiger partial charge in [0.05, 0.1) is 7.11 Å². The number of hydrogen-bond acceptors (Lipinski definition) is 3. The summed E-state index contributed by atoms with van der Waals surface area (Å²) >= 11 is 0. The molecule has 4 nitrogen and oxygen atoms in total. The summed E-state index contributed by atoms with van der Waals surface area (Å²) < 4.78 is 4.95. The van der Waals surface area contributed by atoms with Crippen molar-refractivity contribution in [2.75, 3.05) is 7.11 Å². The van der Waals surface area contributed by atoms with Crippen molar-refractivity contribution >= 4 is 5.91 Å². The summed E-state index contributed by atoms with van der Waals surface area (Å²) in [7, 11) is 1.48.